The van der Waals surface area contributed by atoms with Crippen LogP contribution in [0.4, 0.5) is 11.4 Å². The fourth-order valence-corrected chi connectivity index (χ4v) is 7.85. The fraction of sp³-hybridized carbons (Fsp3) is 0.250. The SMILES string of the molecule is O=C(c1ccc(Br)cc1)[C@@H]1[C@@H]2CCCN2[C@@]2(C(=O)Nc3c(Cl)cccc32)[C@]12C(=O)Nc1ccccc12. The average molecular weight is 563 g/mol. The minimum absolute atomic E-state index is 0.133. The lowest BCUT2D eigenvalue weighted by molar-refractivity contribution is -0.137. The van der Waals surface area contributed by atoms with Crippen LogP contribution in [0.1, 0.15) is 34.3 Å². The average Bonchev–Trinajstić information content (AvgIpc) is 3.59. The number of rotatable bonds is 2. The van der Waals surface area contributed by atoms with Crippen LogP contribution in [0.5, 0.6) is 0 Å². The van der Waals surface area contributed by atoms with Crippen LogP contribution < -0.4 is 10.6 Å². The minimum Gasteiger partial charge on any atom is -0.325 e. The first kappa shape index (κ1) is 22.2. The summed E-state index contributed by atoms with van der Waals surface area (Å²) in [6.07, 6.45) is 1.55. The molecule has 6 nitrogen and oxygen atoms in total. The summed E-state index contributed by atoms with van der Waals surface area (Å²) >= 11 is 10.0. The van der Waals surface area contributed by atoms with Gasteiger partial charge in [0.1, 0.15) is 11.0 Å². The smallest absolute Gasteiger partial charge is 0.251 e. The predicted molar refractivity (Wildman–Crippen MR) is 140 cm³/mol. The van der Waals surface area contributed by atoms with Gasteiger partial charge in [-0.25, -0.2) is 0 Å². The molecule has 2 amide bonds. The molecular weight excluding hydrogens is 542 g/mol. The highest BCUT2D eigenvalue weighted by atomic mass is 79.9. The van der Waals surface area contributed by atoms with Crippen LogP contribution >= 0.6 is 27.5 Å². The first-order chi connectivity index (χ1) is 17.4. The number of anilines is 2. The van der Waals surface area contributed by atoms with Gasteiger partial charge in [0.15, 0.2) is 5.78 Å². The molecular formula is C28H21BrClN3O3. The summed E-state index contributed by atoms with van der Waals surface area (Å²) in [5, 5.41) is 6.47. The summed E-state index contributed by atoms with van der Waals surface area (Å²) in [6.45, 7) is 0.603. The summed E-state index contributed by atoms with van der Waals surface area (Å²) in [6, 6.07) is 19.8. The predicted octanol–water partition coefficient (Wildman–Crippen LogP) is 5.12. The molecule has 0 saturated carbocycles. The number of amides is 2. The molecule has 4 heterocycles. The van der Waals surface area contributed by atoms with Gasteiger partial charge in [-0.05, 0) is 49.2 Å². The first-order valence-corrected chi connectivity index (χ1v) is 13.2. The molecule has 36 heavy (non-hydrogen) atoms. The topological polar surface area (TPSA) is 78.5 Å². The van der Waals surface area contributed by atoms with Crippen LogP contribution in [0, 0.1) is 5.92 Å². The lowest BCUT2D eigenvalue weighted by Gasteiger charge is -2.43. The van der Waals surface area contributed by atoms with Gasteiger partial charge < -0.3 is 10.6 Å². The van der Waals surface area contributed by atoms with E-state index in [0.717, 1.165) is 17.3 Å². The minimum atomic E-state index is -1.46. The van der Waals surface area contributed by atoms with E-state index in [1.54, 1.807) is 18.2 Å². The number of nitrogens with zero attached hydrogens (tertiary/aromatic N) is 1. The Hall–Kier alpha value is -3.00. The number of carbonyl (C=O) groups is 3. The second kappa shape index (κ2) is 7.51. The fourth-order valence-electron chi connectivity index (χ4n) is 7.36. The Kier molecular flexibility index (Phi) is 4.63. The molecule has 4 aliphatic rings. The van der Waals surface area contributed by atoms with E-state index in [4.69, 9.17) is 11.6 Å². The van der Waals surface area contributed by atoms with Crippen molar-refractivity contribution in [1.29, 1.82) is 0 Å². The van der Waals surface area contributed by atoms with Gasteiger partial charge >= 0.3 is 0 Å². The third kappa shape index (κ3) is 2.44. The van der Waals surface area contributed by atoms with Gasteiger partial charge in [0.25, 0.3) is 5.91 Å². The zero-order valence-corrected chi connectivity index (χ0v) is 21.4. The molecule has 0 aliphatic carbocycles. The number of hydrogen-bond acceptors (Lipinski definition) is 4. The third-order valence-electron chi connectivity index (χ3n) is 8.49. The first-order valence-electron chi connectivity index (χ1n) is 12.0. The van der Waals surface area contributed by atoms with E-state index in [1.165, 1.54) is 0 Å². The standard InChI is InChI=1S/C28H21BrClN3O3/c29-16-12-10-15(11-13-16)24(34)22-21-9-4-14-33(21)28(18-6-3-7-19(30)23(18)32-26(28)36)27(22)17-5-1-2-8-20(17)31-25(27)35/h1-3,5-8,10-13,21-22H,4,9,14H2,(H,31,35)(H,32,36)/t21-,22-,27-,28-/m0/s1. The van der Waals surface area contributed by atoms with E-state index in [2.05, 4.69) is 31.5 Å². The van der Waals surface area contributed by atoms with E-state index in [0.29, 0.717) is 39.6 Å². The number of para-hydroxylation sites is 2. The maximum Gasteiger partial charge on any atom is 0.251 e. The molecule has 2 spiro atoms. The third-order valence-corrected chi connectivity index (χ3v) is 9.34. The molecule has 0 unspecified atom stereocenters. The molecule has 2 N–H and O–H groups in total. The van der Waals surface area contributed by atoms with Crippen molar-refractivity contribution in [2.75, 3.05) is 17.2 Å². The number of benzene rings is 3. The highest BCUT2D eigenvalue weighted by Gasteiger charge is 2.81. The highest BCUT2D eigenvalue weighted by Crippen LogP contribution is 2.68. The number of ketones is 1. The Labute approximate surface area is 221 Å². The Balaban J connectivity index is 1.59. The Morgan fingerprint density at radius 2 is 1.69 bits per heavy atom. The van der Waals surface area contributed by atoms with Gasteiger partial charge in [0.05, 0.1) is 16.6 Å². The molecule has 0 bridgehead atoms. The lowest BCUT2D eigenvalue weighted by Crippen LogP contribution is -2.62. The largest absolute Gasteiger partial charge is 0.325 e. The molecule has 180 valence electrons. The molecule has 4 atom stereocenters. The van der Waals surface area contributed by atoms with Crippen molar-refractivity contribution in [3.8, 4) is 0 Å². The summed E-state index contributed by atoms with van der Waals surface area (Å²) in [5.41, 5.74) is 0.156. The number of Topliss-reactive ketones (excluding diaryl/α,β-unsaturated/α-hetero) is 1. The maximum absolute atomic E-state index is 14.5. The van der Waals surface area contributed by atoms with E-state index in [1.807, 2.05) is 48.5 Å². The normalized spacial score (nSPS) is 29.8. The van der Waals surface area contributed by atoms with Gasteiger partial charge in [-0.3, -0.25) is 19.3 Å². The maximum atomic E-state index is 14.5. The number of halogens is 2. The zero-order chi connectivity index (χ0) is 24.8. The van der Waals surface area contributed by atoms with Crippen molar-refractivity contribution in [3.63, 3.8) is 0 Å². The summed E-state index contributed by atoms with van der Waals surface area (Å²) < 4.78 is 0.863. The van der Waals surface area contributed by atoms with Gasteiger partial charge in [0, 0.05) is 27.3 Å². The van der Waals surface area contributed by atoms with E-state index < -0.39 is 16.9 Å². The van der Waals surface area contributed by atoms with Crippen LogP contribution in [0.3, 0.4) is 0 Å². The Morgan fingerprint density at radius 3 is 2.50 bits per heavy atom. The van der Waals surface area contributed by atoms with Crippen molar-refractivity contribution in [2.45, 2.75) is 29.8 Å². The molecule has 0 aromatic heterocycles. The van der Waals surface area contributed by atoms with Crippen molar-refractivity contribution >= 4 is 56.5 Å². The van der Waals surface area contributed by atoms with Crippen LogP contribution in [0.25, 0.3) is 0 Å². The molecule has 2 fully saturated rings. The Morgan fingerprint density at radius 1 is 0.944 bits per heavy atom. The molecule has 3 aromatic rings. The molecule has 0 radical (unpaired) electrons. The van der Waals surface area contributed by atoms with Crippen LogP contribution in [0.15, 0.2) is 71.2 Å². The molecule has 4 aliphatic heterocycles. The van der Waals surface area contributed by atoms with E-state index >= 15 is 0 Å². The summed E-state index contributed by atoms with van der Waals surface area (Å²) in [4.78, 5) is 45.3. The van der Waals surface area contributed by atoms with Gasteiger partial charge in [-0.1, -0.05) is 70.0 Å². The molecule has 7 rings (SSSR count). The van der Waals surface area contributed by atoms with Crippen molar-refractivity contribution in [2.24, 2.45) is 5.92 Å². The molecule has 3 aromatic carbocycles. The Bertz CT molecular complexity index is 1490. The summed E-state index contributed by atoms with van der Waals surface area (Å²) in [5.74, 6) is -1.53. The van der Waals surface area contributed by atoms with Crippen LogP contribution in [-0.4, -0.2) is 35.1 Å². The number of fused-ring (bicyclic) bond motifs is 7. The van der Waals surface area contributed by atoms with Crippen LogP contribution in [0.2, 0.25) is 5.02 Å². The van der Waals surface area contributed by atoms with Crippen molar-refractivity contribution in [3.05, 3.63) is 92.9 Å². The second-order valence-electron chi connectivity index (χ2n) is 9.89. The molecule has 2 saturated heterocycles. The van der Waals surface area contributed by atoms with Crippen LogP contribution in [-0.2, 0) is 20.5 Å². The van der Waals surface area contributed by atoms with Gasteiger partial charge in [-0.2, -0.15) is 0 Å². The lowest BCUT2D eigenvalue weighted by atomic mass is 9.57. The van der Waals surface area contributed by atoms with Crippen molar-refractivity contribution < 1.29 is 14.4 Å². The van der Waals surface area contributed by atoms with Crippen molar-refractivity contribution in [1.82, 2.24) is 4.90 Å². The van der Waals surface area contributed by atoms with Gasteiger partial charge in [0.2, 0.25) is 5.91 Å². The summed E-state index contributed by atoms with van der Waals surface area (Å²) in [7, 11) is 0. The molecule has 8 heteroatoms. The number of carbonyl (C=O) groups excluding carboxylic acids is 3. The number of nitrogens with one attached hydrogen (secondary N) is 2. The van der Waals surface area contributed by atoms with E-state index in [-0.39, 0.29) is 23.6 Å². The van der Waals surface area contributed by atoms with E-state index in [9.17, 15) is 14.4 Å². The van der Waals surface area contributed by atoms with Gasteiger partial charge in [-0.15, -0.1) is 0 Å². The second-order valence-corrected chi connectivity index (χ2v) is 11.2. The quantitative estimate of drug-likeness (QED) is 0.425. The zero-order valence-electron chi connectivity index (χ0n) is 19.1. The highest BCUT2D eigenvalue weighted by molar-refractivity contribution is 9.10. The monoisotopic (exact) mass is 561 g/mol. The number of hydrogen-bond donors (Lipinski definition) is 2.